The number of nitrogens with zero attached hydrogens (tertiary/aromatic N) is 4. The maximum Gasteiger partial charge on any atom is 0.305 e. The molecule has 0 aromatic rings. The van der Waals surface area contributed by atoms with Crippen molar-refractivity contribution in [1.29, 1.82) is 0 Å². The van der Waals surface area contributed by atoms with Crippen molar-refractivity contribution in [3.8, 4) is 0 Å². The molecular formula is C6H12N4O6. The van der Waals surface area contributed by atoms with Gasteiger partial charge in [-0.3, -0.25) is 4.79 Å². The molecule has 10 nitrogen and oxygen atoms in total. The van der Waals surface area contributed by atoms with Crippen molar-refractivity contribution < 1.29 is 20.0 Å². The third-order valence-electron chi connectivity index (χ3n) is 1.78. The number of aliphatic carboxylic acids is 1. The molecule has 0 aliphatic heterocycles. The average molecular weight is 236 g/mol. The predicted molar refractivity (Wildman–Crippen MR) is 50.4 cm³/mol. The normalized spacial score (nSPS) is 9.56. The Morgan fingerprint density at radius 3 is 2.12 bits per heavy atom. The molecule has 0 aromatic heterocycles. The van der Waals surface area contributed by atoms with Crippen LogP contribution in [0.3, 0.4) is 0 Å². The second-order valence-corrected chi connectivity index (χ2v) is 2.95. The van der Waals surface area contributed by atoms with Gasteiger partial charge < -0.3 is 5.11 Å². The minimum absolute atomic E-state index is 0.159. The van der Waals surface area contributed by atoms with Crippen molar-refractivity contribution in [1.82, 2.24) is 10.0 Å². The number of hydrogen-bond acceptors (Lipinski definition) is 5. The Balaban J connectivity index is 4.09. The molecule has 0 atom stereocenters. The lowest BCUT2D eigenvalue weighted by Gasteiger charge is -2.14. The van der Waals surface area contributed by atoms with Crippen LogP contribution in [0.1, 0.15) is 6.42 Å². The second-order valence-electron chi connectivity index (χ2n) is 2.95. The zero-order valence-electron chi connectivity index (χ0n) is 8.61. The van der Waals surface area contributed by atoms with Gasteiger partial charge in [-0.2, -0.15) is 0 Å². The van der Waals surface area contributed by atoms with Gasteiger partial charge in [-0.15, -0.1) is 10.0 Å². The summed E-state index contributed by atoms with van der Waals surface area (Å²) in [5.74, 6) is -1.16. The highest BCUT2D eigenvalue weighted by atomic mass is 16.7. The van der Waals surface area contributed by atoms with E-state index in [4.69, 9.17) is 5.11 Å². The van der Waals surface area contributed by atoms with Gasteiger partial charge in [0.25, 0.3) is 0 Å². The highest BCUT2D eigenvalue weighted by molar-refractivity contribution is 5.66. The second kappa shape index (κ2) is 6.37. The molecule has 16 heavy (non-hydrogen) atoms. The maximum atomic E-state index is 10.4. The van der Waals surface area contributed by atoms with E-state index < -0.39 is 16.0 Å². The van der Waals surface area contributed by atoms with Gasteiger partial charge in [-0.25, -0.2) is 20.2 Å². The van der Waals surface area contributed by atoms with Crippen molar-refractivity contribution in [3.63, 3.8) is 0 Å². The number of carboxylic acid groups (broad SMARTS) is 1. The first-order valence-corrected chi connectivity index (χ1v) is 4.31. The predicted octanol–water partition coefficient (Wildman–Crippen LogP) is -0.922. The molecule has 0 heterocycles. The van der Waals surface area contributed by atoms with E-state index in [9.17, 15) is 25.0 Å². The fourth-order valence-corrected chi connectivity index (χ4v) is 0.842. The Morgan fingerprint density at radius 1 is 1.19 bits per heavy atom. The Kier molecular flexibility index (Phi) is 5.52. The van der Waals surface area contributed by atoms with Crippen LogP contribution in [0.25, 0.3) is 0 Å². The Labute approximate surface area is 90.3 Å². The molecule has 0 aliphatic carbocycles. The largest absolute Gasteiger partial charge is 0.481 e. The Morgan fingerprint density at radius 2 is 1.75 bits per heavy atom. The molecule has 0 amide bonds. The summed E-state index contributed by atoms with van der Waals surface area (Å²) in [6, 6.07) is 0. The molecule has 0 saturated heterocycles. The lowest BCUT2D eigenvalue weighted by molar-refractivity contribution is -0.670. The van der Waals surface area contributed by atoms with Crippen LogP contribution in [0, 0.1) is 20.2 Å². The third-order valence-corrected chi connectivity index (χ3v) is 1.78. The van der Waals surface area contributed by atoms with Crippen LogP contribution in [0.15, 0.2) is 0 Å². The minimum atomic E-state index is -1.16. The standard InChI is InChI=1S/C6H12N4O6/c1-7(9(13)14)4-5-8(10(15)16)3-2-6(11)12/h2-5H2,1H3,(H,11,12). The van der Waals surface area contributed by atoms with Crippen molar-refractivity contribution in [2.24, 2.45) is 0 Å². The number of hydrazine groups is 2. The highest BCUT2D eigenvalue weighted by Crippen LogP contribution is 1.94. The molecule has 0 aromatic carbocycles. The van der Waals surface area contributed by atoms with Crippen LogP contribution >= 0.6 is 0 Å². The van der Waals surface area contributed by atoms with E-state index in [1.807, 2.05) is 0 Å². The van der Waals surface area contributed by atoms with E-state index in [0.29, 0.717) is 10.0 Å². The van der Waals surface area contributed by atoms with Crippen LogP contribution in [-0.4, -0.2) is 57.8 Å². The number of nitro groups is 2. The number of rotatable bonds is 8. The summed E-state index contributed by atoms with van der Waals surface area (Å²) in [6.45, 7) is -0.654. The summed E-state index contributed by atoms with van der Waals surface area (Å²) in [7, 11) is 1.18. The molecule has 0 bridgehead atoms. The molecule has 0 rings (SSSR count). The topological polar surface area (TPSA) is 130 Å². The van der Waals surface area contributed by atoms with Gasteiger partial charge >= 0.3 is 5.97 Å². The quantitative estimate of drug-likeness (QED) is 0.422. The van der Waals surface area contributed by atoms with E-state index in [1.165, 1.54) is 7.05 Å². The lowest BCUT2D eigenvalue weighted by Crippen LogP contribution is -2.39. The summed E-state index contributed by atoms with van der Waals surface area (Å²) < 4.78 is 0. The number of hydrogen-bond donors (Lipinski definition) is 1. The molecule has 0 spiro atoms. The molecule has 0 saturated carbocycles. The van der Waals surface area contributed by atoms with Gasteiger partial charge in [0, 0.05) is 0 Å². The fraction of sp³-hybridized carbons (Fsp3) is 0.833. The van der Waals surface area contributed by atoms with Gasteiger partial charge in [0.1, 0.15) is 13.1 Å². The van der Waals surface area contributed by atoms with Crippen molar-refractivity contribution in [3.05, 3.63) is 20.2 Å². The third kappa shape index (κ3) is 5.57. The summed E-state index contributed by atoms with van der Waals surface area (Å²) >= 11 is 0. The monoisotopic (exact) mass is 236 g/mol. The SMILES string of the molecule is CN(CCN(CCC(=O)O)[N+](=O)[O-])[N+](=O)[O-]. The van der Waals surface area contributed by atoms with Crippen LogP contribution < -0.4 is 0 Å². The number of carbonyl (C=O) groups is 1. The summed E-state index contributed by atoms with van der Waals surface area (Å²) in [6.07, 6.45) is -0.386. The van der Waals surface area contributed by atoms with Crippen LogP contribution in [0.4, 0.5) is 0 Å². The summed E-state index contributed by atoms with van der Waals surface area (Å²) in [5.41, 5.74) is 0. The fourth-order valence-electron chi connectivity index (χ4n) is 0.842. The highest BCUT2D eigenvalue weighted by Gasteiger charge is 2.18. The van der Waals surface area contributed by atoms with E-state index in [-0.39, 0.29) is 26.1 Å². The Hall–Kier alpha value is -2.13. The molecule has 0 radical (unpaired) electrons. The zero-order chi connectivity index (χ0) is 12.7. The summed E-state index contributed by atoms with van der Waals surface area (Å²) in [4.78, 5) is 30.8. The minimum Gasteiger partial charge on any atom is -0.481 e. The first-order chi connectivity index (χ1) is 7.34. The van der Waals surface area contributed by atoms with Crippen molar-refractivity contribution >= 4 is 5.97 Å². The molecule has 0 unspecified atom stereocenters. The number of carboxylic acids is 1. The van der Waals surface area contributed by atoms with Crippen LogP contribution in [0.5, 0.6) is 0 Å². The molecule has 0 aliphatic rings. The first kappa shape index (κ1) is 13.9. The van der Waals surface area contributed by atoms with E-state index in [0.717, 1.165) is 0 Å². The molecule has 0 fully saturated rings. The van der Waals surface area contributed by atoms with E-state index in [1.54, 1.807) is 0 Å². The molecule has 92 valence electrons. The van der Waals surface area contributed by atoms with Crippen LogP contribution in [-0.2, 0) is 4.79 Å². The number of likely N-dealkylation sites (N-methyl/N-ethyl adjacent to an activating group) is 1. The van der Waals surface area contributed by atoms with Crippen LogP contribution in [0.2, 0.25) is 0 Å². The smallest absolute Gasteiger partial charge is 0.305 e. The first-order valence-electron chi connectivity index (χ1n) is 4.31. The van der Waals surface area contributed by atoms with Gasteiger partial charge in [0.05, 0.1) is 20.0 Å². The maximum absolute atomic E-state index is 10.4. The van der Waals surface area contributed by atoms with Gasteiger partial charge in [-0.05, 0) is 0 Å². The zero-order valence-corrected chi connectivity index (χ0v) is 8.61. The van der Waals surface area contributed by atoms with E-state index in [2.05, 4.69) is 0 Å². The molecule has 10 heteroatoms. The van der Waals surface area contributed by atoms with Gasteiger partial charge in [-0.1, -0.05) is 0 Å². The molecule has 1 N–H and O–H groups in total. The van der Waals surface area contributed by atoms with Crippen molar-refractivity contribution in [2.75, 3.05) is 26.7 Å². The summed E-state index contributed by atoms with van der Waals surface area (Å²) in [5, 5.41) is 28.8. The lowest BCUT2D eigenvalue weighted by atomic mass is 10.4. The van der Waals surface area contributed by atoms with Gasteiger partial charge in [0.2, 0.25) is 0 Å². The molecular weight excluding hydrogens is 224 g/mol. The average Bonchev–Trinajstić information content (AvgIpc) is 2.15. The Bertz CT molecular complexity index is 282. The van der Waals surface area contributed by atoms with E-state index >= 15 is 0 Å². The van der Waals surface area contributed by atoms with Crippen molar-refractivity contribution in [2.45, 2.75) is 6.42 Å². The van der Waals surface area contributed by atoms with Gasteiger partial charge in [0.15, 0.2) is 10.1 Å².